The zero-order valence-electron chi connectivity index (χ0n) is 15.9. The van der Waals surface area contributed by atoms with Crippen molar-refractivity contribution in [2.24, 2.45) is 0 Å². The van der Waals surface area contributed by atoms with Crippen LogP contribution in [0.15, 0.2) is 58.1 Å². The van der Waals surface area contributed by atoms with Gasteiger partial charge in [-0.05, 0) is 42.7 Å². The van der Waals surface area contributed by atoms with E-state index in [0.29, 0.717) is 15.9 Å². The standard InChI is InChI=1S/C22H22ClN3O3/c23-16-11-9-15(10-12-16)13-26-21(28)18-7-3-4-8-19(18)25(22(26)29)14-20(27)24-17-5-1-2-6-17/h3-4,7-12,17H,1-2,5-6,13-14H2,(H,24,27). The van der Waals surface area contributed by atoms with Crippen molar-refractivity contribution < 1.29 is 4.79 Å². The number of carbonyl (C=O) groups excluding carboxylic acids is 1. The molecule has 1 N–H and O–H groups in total. The van der Waals surface area contributed by atoms with Crippen molar-refractivity contribution in [1.82, 2.24) is 14.5 Å². The zero-order chi connectivity index (χ0) is 20.4. The van der Waals surface area contributed by atoms with Gasteiger partial charge in [0.1, 0.15) is 6.54 Å². The normalized spacial score (nSPS) is 14.4. The largest absolute Gasteiger partial charge is 0.352 e. The molecule has 1 aromatic heterocycles. The molecule has 0 unspecified atom stereocenters. The average molecular weight is 412 g/mol. The summed E-state index contributed by atoms with van der Waals surface area (Å²) in [6.45, 7) is 0.000653. The predicted octanol–water partition coefficient (Wildman–Crippen LogP) is 2.92. The third-order valence-corrected chi connectivity index (χ3v) is 5.66. The van der Waals surface area contributed by atoms with Gasteiger partial charge in [-0.3, -0.25) is 18.7 Å². The van der Waals surface area contributed by atoms with Gasteiger partial charge in [-0.15, -0.1) is 0 Å². The number of hydrogen-bond acceptors (Lipinski definition) is 3. The van der Waals surface area contributed by atoms with Crippen LogP contribution in [-0.4, -0.2) is 21.1 Å². The minimum atomic E-state index is -0.495. The fraction of sp³-hybridized carbons (Fsp3) is 0.318. The summed E-state index contributed by atoms with van der Waals surface area (Å²) in [7, 11) is 0. The minimum Gasteiger partial charge on any atom is -0.352 e. The monoisotopic (exact) mass is 411 g/mol. The molecule has 0 atom stereocenters. The van der Waals surface area contributed by atoms with Gasteiger partial charge in [0.05, 0.1) is 17.4 Å². The van der Waals surface area contributed by atoms with Crippen LogP contribution in [0.5, 0.6) is 0 Å². The summed E-state index contributed by atoms with van der Waals surface area (Å²) in [6, 6.07) is 14.1. The number of nitrogens with zero attached hydrogens (tertiary/aromatic N) is 2. The van der Waals surface area contributed by atoms with Crippen molar-refractivity contribution in [1.29, 1.82) is 0 Å². The van der Waals surface area contributed by atoms with Crippen LogP contribution < -0.4 is 16.6 Å². The molecule has 3 aromatic rings. The maximum absolute atomic E-state index is 13.2. The number of halogens is 1. The third kappa shape index (κ3) is 4.12. The highest BCUT2D eigenvalue weighted by Gasteiger charge is 2.19. The van der Waals surface area contributed by atoms with Gasteiger partial charge < -0.3 is 5.32 Å². The van der Waals surface area contributed by atoms with Gasteiger partial charge in [-0.2, -0.15) is 0 Å². The highest BCUT2D eigenvalue weighted by atomic mass is 35.5. The molecule has 1 fully saturated rings. The Morgan fingerprint density at radius 3 is 2.41 bits per heavy atom. The summed E-state index contributed by atoms with van der Waals surface area (Å²) in [5.41, 5.74) is 0.389. The van der Waals surface area contributed by atoms with E-state index in [0.717, 1.165) is 31.2 Å². The second-order valence-electron chi connectivity index (χ2n) is 7.45. The average Bonchev–Trinajstić information content (AvgIpc) is 3.23. The number of benzene rings is 2. The molecule has 1 amide bonds. The van der Waals surface area contributed by atoms with Gasteiger partial charge in [0, 0.05) is 11.1 Å². The molecule has 4 rings (SSSR count). The summed E-state index contributed by atoms with van der Waals surface area (Å²) in [4.78, 5) is 38.7. The van der Waals surface area contributed by atoms with Gasteiger partial charge in [0.2, 0.25) is 5.91 Å². The Kier molecular flexibility index (Phi) is 5.53. The molecule has 7 heteroatoms. The van der Waals surface area contributed by atoms with E-state index in [9.17, 15) is 14.4 Å². The molecule has 2 aromatic carbocycles. The maximum Gasteiger partial charge on any atom is 0.332 e. The first kappa shape index (κ1) is 19.5. The SMILES string of the molecule is O=C(Cn1c(=O)n(Cc2ccc(Cl)cc2)c(=O)c2ccccc21)NC1CCCC1. The summed E-state index contributed by atoms with van der Waals surface area (Å²) in [5.74, 6) is -0.208. The molecular weight excluding hydrogens is 390 g/mol. The first-order valence-corrected chi connectivity index (χ1v) is 10.2. The number of rotatable bonds is 5. The molecule has 1 aliphatic carbocycles. The molecule has 0 spiro atoms. The minimum absolute atomic E-state index is 0.114. The Hall–Kier alpha value is -2.86. The van der Waals surface area contributed by atoms with E-state index in [2.05, 4.69) is 5.32 Å². The molecule has 1 aliphatic rings. The number of fused-ring (bicyclic) bond motifs is 1. The lowest BCUT2D eigenvalue weighted by atomic mass is 10.2. The Balaban J connectivity index is 1.74. The van der Waals surface area contributed by atoms with Crippen LogP contribution in [-0.2, 0) is 17.9 Å². The first-order valence-electron chi connectivity index (χ1n) is 9.79. The highest BCUT2D eigenvalue weighted by molar-refractivity contribution is 6.30. The lowest BCUT2D eigenvalue weighted by Gasteiger charge is -2.16. The molecule has 0 aliphatic heterocycles. The molecule has 6 nitrogen and oxygen atoms in total. The molecule has 1 heterocycles. The molecule has 1 saturated carbocycles. The van der Waals surface area contributed by atoms with Gasteiger partial charge in [0.15, 0.2) is 0 Å². The van der Waals surface area contributed by atoms with Gasteiger partial charge in [0.25, 0.3) is 5.56 Å². The zero-order valence-corrected chi connectivity index (χ0v) is 16.7. The van der Waals surface area contributed by atoms with E-state index in [-0.39, 0.29) is 30.6 Å². The molecule has 0 saturated heterocycles. The number of amides is 1. The van der Waals surface area contributed by atoms with Crippen LogP contribution in [0.25, 0.3) is 10.9 Å². The summed E-state index contributed by atoms with van der Waals surface area (Å²) in [6.07, 6.45) is 4.16. The lowest BCUT2D eigenvalue weighted by Crippen LogP contribution is -2.44. The second-order valence-corrected chi connectivity index (χ2v) is 7.89. The fourth-order valence-electron chi connectivity index (χ4n) is 3.92. The number of para-hydroxylation sites is 1. The van der Waals surface area contributed by atoms with Crippen molar-refractivity contribution in [2.45, 2.75) is 44.8 Å². The Bertz CT molecular complexity index is 1160. The third-order valence-electron chi connectivity index (χ3n) is 5.41. The molecule has 0 radical (unpaired) electrons. The quantitative estimate of drug-likeness (QED) is 0.701. The second kappa shape index (κ2) is 8.25. The number of nitrogens with one attached hydrogen (secondary N) is 1. The van der Waals surface area contributed by atoms with Crippen LogP contribution in [0.4, 0.5) is 0 Å². The predicted molar refractivity (Wildman–Crippen MR) is 113 cm³/mol. The lowest BCUT2D eigenvalue weighted by molar-refractivity contribution is -0.122. The maximum atomic E-state index is 13.2. The van der Waals surface area contributed by atoms with Crippen LogP contribution in [0.1, 0.15) is 31.2 Å². The van der Waals surface area contributed by atoms with Crippen molar-refractivity contribution >= 4 is 28.4 Å². The number of hydrogen-bond donors (Lipinski definition) is 1. The molecule has 29 heavy (non-hydrogen) atoms. The number of aromatic nitrogens is 2. The van der Waals surface area contributed by atoms with Crippen molar-refractivity contribution in [3.05, 3.63) is 80.0 Å². The van der Waals surface area contributed by atoms with Crippen molar-refractivity contribution in [2.75, 3.05) is 0 Å². The van der Waals surface area contributed by atoms with E-state index in [1.165, 1.54) is 9.13 Å². The Morgan fingerprint density at radius 1 is 1.00 bits per heavy atom. The van der Waals surface area contributed by atoms with E-state index < -0.39 is 5.69 Å². The topological polar surface area (TPSA) is 73.1 Å². The Morgan fingerprint density at radius 2 is 1.69 bits per heavy atom. The van der Waals surface area contributed by atoms with Crippen LogP contribution in [0.2, 0.25) is 5.02 Å². The molecule has 0 bridgehead atoms. The molecule has 150 valence electrons. The number of carbonyl (C=O) groups is 1. The van der Waals surface area contributed by atoms with Gasteiger partial charge in [-0.25, -0.2) is 4.79 Å². The Labute approximate surface area is 172 Å². The van der Waals surface area contributed by atoms with Gasteiger partial charge in [-0.1, -0.05) is 48.7 Å². The highest BCUT2D eigenvalue weighted by Crippen LogP contribution is 2.17. The van der Waals surface area contributed by atoms with Crippen LogP contribution in [0.3, 0.4) is 0 Å². The van der Waals surface area contributed by atoms with Gasteiger partial charge >= 0.3 is 5.69 Å². The fourth-order valence-corrected chi connectivity index (χ4v) is 4.05. The van der Waals surface area contributed by atoms with Crippen molar-refractivity contribution in [3.63, 3.8) is 0 Å². The van der Waals surface area contributed by atoms with E-state index in [1.807, 2.05) is 0 Å². The molecular formula is C22H22ClN3O3. The van der Waals surface area contributed by atoms with E-state index >= 15 is 0 Å². The van der Waals surface area contributed by atoms with E-state index in [1.54, 1.807) is 48.5 Å². The smallest absolute Gasteiger partial charge is 0.332 e. The summed E-state index contributed by atoms with van der Waals surface area (Å²) >= 11 is 5.93. The summed E-state index contributed by atoms with van der Waals surface area (Å²) < 4.78 is 2.56. The van der Waals surface area contributed by atoms with Crippen molar-refractivity contribution in [3.8, 4) is 0 Å². The van der Waals surface area contributed by atoms with E-state index in [4.69, 9.17) is 11.6 Å². The summed E-state index contributed by atoms with van der Waals surface area (Å²) in [5, 5.41) is 4.00. The van der Waals surface area contributed by atoms with Crippen LogP contribution >= 0.6 is 11.6 Å². The first-order chi connectivity index (χ1) is 14.0. The van der Waals surface area contributed by atoms with Crippen LogP contribution in [0, 0.1) is 0 Å².